The van der Waals surface area contributed by atoms with E-state index in [1.807, 2.05) is 18.7 Å². The zero-order valence-electron chi connectivity index (χ0n) is 9.06. The topological polar surface area (TPSA) is 61.7 Å². The zero-order chi connectivity index (χ0) is 10.6. The number of aromatic nitrogens is 4. The van der Waals surface area contributed by atoms with Gasteiger partial charge in [0.05, 0.1) is 5.69 Å². The first-order valence-electron chi connectivity index (χ1n) is 5.32. The molecule has 2 heterocycles. The van der Waals surface area contributed by atoms with Gasteiger partial charge in [0, 0.05) is 13.6 Å². The molecule has 1 aliphatic rings. The number of anilines is 1. The van der Waals surface area contributed by atoms with Crippen LogP contribution in [-0.4, -0.2) is 19.3 Å². The highest BCUT2D eigenvalue weighted by atomic mass is 15.3. The molecule has 1 fully saturated rings. The molecule has 0 aliphatic heterocycles. The normalized spacial score (nSPS) is 16.4. The molecule has 5 nitrogen and oxygen atoms in total. The van der Waals surface area contributed by atoms with Gasteiger partial charge in [0.25, 0.3) is 0 Å². The maximum atomic E-state index is 5.92. The number of nitrogens with zero attached hydrogens (tertiary/aromatic N) is 4. The van der Waals surface area contributed by atoms with E-state index in [0.29, 0.717) is 5.95 Å². The zero-order valence-corrected chi connectivity index (χ0v) is 9.06. The van der Waals surface area contributed by atoms with Gasteiger partial charge in [0.2, 0.25) is 5.95 Å². The van der Waals surface area contributed by atoms with Crippen molar-refractivity contribution in [2.75, 3.05) is 5.73 Å². The summed E-state index contributed by atoms with van der Waals surface area (Å²) in [7, 11) is 1.94. The summed E-state index contributed by atoms with van der Waals surface area (Å²) in [5.41, 5.74) is 8.87. The third kappa shape index (κ3) is 1.22. The molecular formula is C10H15N5. The number of aryl methyl sites for hydroxylation is 2. The van der Waals surface area contributed by atoms with E-state index in [1.165, 1.54) is 12.8 Å². The lowest BCUT2D eigenvalue weighted by Crippen LogP contribution is -2.08. The molecular weight excluding hydrogens is 190 g/mol. The van der Waals surface area contributed by atoms with Crippen LogP contribution in [-0.2, 0) is 13.6 Å². The van der Waals surface area contributed by atoms with Gasteiger partial charge in [0.15, 0.2) is 5.65 Å². The Kier molecular flexibility index (Phi) is 1.60. The second-order valence-electron chi connectivity index (χ2n) is 4.41. The summed E-state index contributed by atoms with van der Waals surface area (Å²) in [6, 6.07) is 0. The van der Waals surface area contributed by atoms with Gasteiger partial charge in [-0.25, -0.2) is 4.98 Å². The number of rotatable bonds is 2. The quantitative estimate of drug-likeness (QED) is 0.797. The third-order valence-corrected chi connectivity index (χ3v) is 3.06. The summed E-state index contributed by atoms with van der Waals surface area (Å²) in [5.74, 6) is 1.41. The predicted octanol–water partition coefficient (Wildman–Crippen LogP) is 1.07. The molecule has 0 atom stereocenters. The molecule has 2 aromatic heterocycles. The first-order chi connectivity index (χ1) is 7.16. The van der Waals surface area contributed by atoms with Crippen LogP contribution < -0.4 is 5.73 Å². The van der Waals surface area contributed by atoms with Crippen LogP contribution >= 0.6 is 0 Å². The van der Waals surface area contributed by atoms with Crippen molar-refractivity contribution in [3.63, 3.8) is 0 Å². The summed E-state index contributed by atoms with van der Waals surface area (Å²) in [4.78, 5) is 4.37. The molecule has 1 aliphatic carbocycles. The summed E-state index contributed by atoms with van der Waals surface area (Å²) in [6.45, 7) is 2.96. The van der Waals surface area contributed by atoms with E-state index in [4.69, 9.17) is 5.73 Å². The van der Waals surface area contributed by atoms with Crippen molar-refractivity contribution in [2.24, 2.45) is 13.0 Å². The van der Waals surface area contributed by atoms with Gasteiger partial charge in [-0.05, 0) is 25.7 Å². The highest BCUT2D eigenvalue weighted by Crippen LogP contribution is 2.33. The summed E-state index contributed by atoms with van der Waals surface area (Å²) >= 11 is 0. The fraction of sp³-hybridized carbons (Fsp3) is 0.600. The molecule has 3 rings (SSSR count). The molecule has 80 valence electrons. The van der Waals surface area contributed by atoms with E-state index in [0.717, 1.165) is 29.3 Å². The second-order valence-corrected chi connectivity index (χ2v) is 4.41. The highest BCUT2D eigenvalue weighted by molar-refractivity contribution is 5.77. The average Bonchev–Trinajstić information content (AvgIpc) is 2.86. The van der Waals surface area contributed by atoms with Gasteiger partial charge < -0.3 is 5.73 Å². The molecule has 0 unspecified atom stereocenters. The molecule has 0 bridgehead atoms. The van der Waals surface area contributed by atoms with Crippen LogP contribution in [0.15, 0.2) is 0 Å². The molecule has 15 heavy (non-hydrogen) atoms. The Morgan fingerprint density at radius 2 is 2.20 bits per heavy atom. The number of nitrogens with two attached hydrogens (primary N) is 1. The predicted molar refractivity (Wildman–Crippen MR) is 58.4 cm³/mol. The number of hydrogen-bond donors (Lipinski definition) is 1. The lowest BCUT2D eigenvalue weighted by atomic mass is 10.4. The number of hydrogen-bond acceptors (Lipinski definition) is 3. The first-order valence-corrected chi connectivity index (χ1v) is 5.32. The highest BCUT2D eigenvalue weighted by Gasteiger charge is 2.25. The number of imidazole rings is 1. The van der Waals surface area contributed by atoms with Gasteiger partial charge in [-0.3, -0.25) is 9.25 Å². The lowest BCUT2D eigenvalue weighted by molar-refractivity contribution is 0.626. The van der Waals surface area contributed by atoms with Gasteiger partial charge in [-0.2, -0.15) is 5.10 Å². The van der Waals surface area contributed by atoms with E-state index in [1.54, 1.807) is 0 Å². The van der Waals surface area contributed by atoms with Gasteiger partial charge >= 0.3 is 0 Å². The molecule has 1 saturated carbocycles. The van der Waals surface area contributed by atoms with E-state index >= 15 is 0 Å². The second kappa shape index (κ2) is 2.74. The molecule has 0 radical (unpaired) electrons. The standard InChI is InChI=1S/C10H15N5/c1-6-8-9(14(2)13-6)15(10(11)12-8)5-7-3-4-7/h7H,3-5H2,1-2H3,(H2,11,12). The van der Waals surface area contributed by atoms with Crippen LogP contribution in [0.5, 0.6) is 0 Å². The van der Waals surface area contributed by atoms with E-state index < -0.39 is 0 Å². The maximum absolute atomic E-state index is 5.92. The molecule has 2 N–H and O–H groups in total. The Hall–Kier alpha value is -1.52. The van der Waals surface area contributed by atoms with Crippen molar-refractivity contribution in [1.82, 2.24) is 19.3 Å². The van der Waals surface area contributed by atoms with E-state index in [9.17, 15) is 0 Å². The molecule has 2 aromatic rings. The minimum Gasteiger partial charge on any atom is -0.369 e. The largest absolute Gasteiger partial charge is 0.369 e. The summed E-state index contributed by atoms with van der Waals surface area (Å²) < 4.78 is 3.96. The van der Waals surface area contributed by atoms with Crippen molar-refractivity contribution in [1.29, 1.82) is 0 Å². The fourth-order valence-corrected chi connectivity index (χ4v) is 2.09. The molecule has 0 spiro atoms. The van der Waals surface area contributed by atoms with Crippen molar-refractivity contribution < 1.29 is 0 Å². The minimum atomic E-state index is 0.619. The van der Waals surface area contributed by atoms with Crippen molar-refractivity contribution in [3.8, 4) is 0 Å². The first kappa shape index (κ1) is 8.76. The average molecular weight is 205 g/mol. The Balaban J connectivity index is 2.20. The smallest absolute Gasteiger partial charge is 0.202 e. The van der Waals surface area contributed by atoms with Crippen LogP contribution in [0.1, 0.15) is 18.5 Å². The molecule has 0 saturated heterocycles. The van der Waals surface area contributed by atoms with Crippen LogP contribution in [0.4, 0.5) is 5.95 Å². The molecule has 0 amide bonds. The van der Waals surface area contributed by atoms with Crippen LogP contribution in [0.3, 0.4) is 0 Å². The fourth-order valence-electron chi connectivity index (χ4n) is 2.09. The van der Waals surface area contributed by atoms with Crippen LogP contribution in [0.25, 0.3) is 11.2 Å². The molecule has 0 aromatic carbocycles. The van der Waals surface area contributed by atoms with Crippen LogP contribution in [0.2, 0.25) is 0 Å². The van der Waals surface area contributed by atoms with Crippen molar-refractivity contribution >= 4 is 17.1 Å². The van der Waals surface area contributed by atoms with Crippen molar-refractivity contribution in [2.45, 2.75) is 26.3 Å². The Morgan fingerprint density at radius 3 is 2.87 bits per heavy atom. The SMILES string of the molecule is Cc1nn(C)c2c1nc(N)n2CC1CC1. The number of nitrogen functional groups attached to an aromatic ring is 1. The summed E-state index contributed by atoms with van der Waals surface area (Å²) in [5, 5.41) is 4.36. The Morgan fingerprint density at radius 1 is 1.47 bits per heavy atom. The number of fused-ring (bicyclic) bond motifs is 1. The van der Waals surface area contributed by atoms with Crippen LogP contribution in [0, 0.1) is 12.8 Å². The molecule has 5 heteroatoms. The van der Waals surface area contributed by atoms with Gasteiger partial charge in [-0.15, -0.1) is 0 Å². The third-order valence-electron chi connectivity index (χ3n) is 3.06. The van der Waals surface area contributed by atoms with E-state index in [2.05, 4.69) is 14.6 Å². The van der Waals surface area contributed by atoms with Gasteiger partial charge in [-0.1, -0.05) is 0 Å². The van der Waals surface area contributed by atoms with Crippen molar-refractivity contribution in [3.05, 3.63) is 5.69 Å². The lowest BCUT2D eigenvalue weighted by Gasteiger charge is -2.04. The monoisotopic (exact) mass is 205 g/mol. The Bertz CT molecular complexity index is 517. The Labute approximate surface area is 87.9 Å². The minimum absolute atomic E-state index is 0.619. The maximum Gasteiger partial charge on any atom is 0.202 e. The van der Waals surface area contributed by atoms with Gasteiger partial charge in [0.1, 0.15) is 5.52 Å². The van der Waals surface area contributed by atoms with E-state index in [-0.39, 0.29) is 0 Å². The summed E-state index contributed by atoms with van der Waals surface area (Å²) in [6.07, 6.45) is 2.63.